The van der Waals surface area contributed by atoms with Gasteiger partial charge in [0.15, 0.2) is 12.4 Å². The minimum absolute atomic E-state index is 0.138. The first-order valence-electron chi connectivity index (χ1n) is 10.5. The molecule has 0 saturated heterocycles. The van der Waals surface area contributed by atoms with Gasteiger partial charge in [0.1, 0.15) is 10.7 Å². The van der Waals surface area contributed by atoms with Crippen molar-refractivity contribution in [3.63, 3.8) is 0 Å². The van der Waals surface area contributed by atoms with Gasteiger partial charge >= 0.3 is 11.9 Å². The van der Waals surface area contributed by atoms with Crippen molar-refractivity contribution in [2.45, 2.75) is 27.2 Å². The molecule has 0 aliphatic rings. The molecular formula is C23H21N3O7S. The number of hydrogen-bond acceptors (Lipinski definition) is 10. The summed E-state index contributed by atoms with van der Waals surface area (Å²) in [4.78, 5) is 42.9. The summed E-state index contributed by atoms with van der Waals surface area (Å²) in [5, 5.41) is 7.23. The second-order valence-corrected chi connectivity index (χ2v) is 8.27. The number of nitrogens with one attached hydrogen (secondary N) is 1. The number of furan rings is 1. The summed E-state index contributed by atoms with van der Waals surface area (Å²) >= 11 is 1.27. The zero-order valence-corrected chi connectivity index (χ0v) is 19.5. The molecule has 0 atom stereocenters. The van der Waals surface area contributed by atoms with Crippen molar-refractivity contribution in [3.05, 3.63) is 52.2 Å². The number of amides is 1. The first-order valence-corrected chi connectivity index (χ1v) is 11.3. The number of ether oxygens (including phenoxy) is 2. The van der Waals surface area contributed by atoms with E-state index in [2.05, 4.69) is 15.5 Å². The van der Waals surface area contributed by atoms with Crippen LogP contribution in [0, 0.1) is 6.92 Å². The fraction of sp³-hybridized carbons (Fsp3) is 0.261. The number of pyridine rings is 1. The van der Waals surface area contributed by atoms with Crippen LogP contribution in [0.5, 0.6) is 0 Å². The zero-order valence-electron chi connectivity index (χ0n) is 18.7. The maximum absolute atomic E-state index is 12.9. The Bertz CT molecular complexity index is 1350. The minimum atomic E-state index is -0.757. The molecule has 4 heterocycles. The third kappa shape index (κ3) is 4.69. The number of esters is 2. The summed E-state index contributed by atoms with van der Waals surface area (Å²) in [5.41, 5.74) is 1.36. The third-order valence-corrected chi connectivity index (χ3v) is 6.02. The van der Waals surface area contributed by atoms with Crippen LogP contribution in [0.3, 0.4) is 0 Å². The summed E-state index contributed by atoms with van der Waals surface area (Å²) in [7, 11) is 0. The lowest BCUT2D eigenvalue weighted by atomic mass is 10.1. The van der Waals surface area contributed by atoms with E-state index in [0.29, 0.717) is 34.0 Å². The van der Waals surface area contributed by atoms with E-state index < -0.39 is 24.5 Å². The molecule has 0 aromatic carbocycles. The molecule has 11 heteroatoms. The van der Waals surface area contributed by atoms with Gasteiger partial charge in [-0.2, -0.15) is 0 Å². The van der Waals surface area contributed by atoms with Crippen LogP contribution in [0.25, 0.3) is 22.6 Å². The van der Waals surface area contributed by atoms with Crippen LogP contribution in [-0.4, -0.2) is 41.2 Å². The summed E-state index contributed by atoms with van der Waals surface area (Å²) < 4.78 is 20.9. The monoisotopic (exact) mass is 483 g/mol. The lowest BCUT2D eigenvalue weighted by Gasteiger charge is -2.08. The SMILES string of the molecule is CCOC(=O)c1cc(CC)sc1NC(=O)COC(=O)c1cc(-c2ccco2)nc2onc(C)c12. The van der Waals surface area contributed by atoms with E-state index in [4.69, 9.17) is 18.4 Å². The molecule has 0 saturated carbocycles. The Labute approximate surface area is 197 Å². The van der Waals surface area contributed by atoms with E-state index in [1.165, 1.54) is 23.7 Å². The van der Waals surface area contributed by atoms with Crippen LogP contribution < -0.4 is 5.32 Å². The van der Waals surface area contributed by atoms with Gasteiger partial charge in [-0.05, 0) is 44.5 Å². The molecule has 0 fully saturated rings. The lowest BCUT2D eigenvalue weighted by Crippen LogP contribution is -2.21. The predicted octanol–water partition coefficient (Wildman–Crippen LogP) is 4.39. The van der Waals surface area contributed by atoms with Gasteiger partial charge in [0, 0.05) is 4.88 Å². The Morgan fingerprint density at radius 2 is 1.91 bits per heavy atom. The molecule has 0 radical (unpaired) electrons. The number of aryl methyl sites for hydroxylation is 2. The topological polar surface area (TPSA) is 134 Å². The second-order valence-electron chi connectivity index (χ2n) is 7.13. The molecule has 34 heavy (non-hydrogen) atoms. The normalized spacial score (nSPS) is 10.9. The number of thiophene rings is 1. The van der Waals surface area contributed by atoms with E-state index in [1.807, 2.05) is 6.92 Å². The van der Waals surface area contributed by atoms with Crippen molar-refractivity contribution in [1.82, 2.24) is 10.1 Å². The van der Waals surface area contributed by atoms with Crippen LogP contribution in [0.1, 0.15) is 45.1 Å². The average Bonchev–Trinajstić information content (AvgIpc) is 3.57. The number of rotatable bonds is 8. The number of carbonyl (C=O) groups excluding carboxylic acids is 3. The molecule has 4 aromatic rings. The van der Waals surface area contributed by atoms with Gasteiger partial charge in [-0.3, -0.25) is 4.79 Å². The molecule has 10 nitrogen and oxygen atoms in total. The first-order chi connectivity index (χ1) is 16.4. The van der Waals surface area contributed by atoms with E-state index in [-0.39, 0.29) is 23.4 Å². The molecule has 4 rings (SSSR count). The third-order valence-electron chi connectivity index (χ3n) is 4.82. The molecule has 176 valence electrons. The highest BCUT2D eigenvalue weighted by atomic mass is 32.1. The van der Waals surface area contributed by atoms with E-state index in [0.717, 1.165) is 4.88 Å². The van der Waals surface area contributed by atoms with Gasteiger partial charge in [-0.25, -0.2) is 14.6 Å². The van der Waals surface area contributed by atoms with Crippen LogP contribution in [0.4, 0.5) is 5.00 Å². The predicted molar refractivity (Wildman–Crippen MR) is 123 cm³/mol. The molecule has 4 aromatic heterocycles. The Hall–Kier alpha value is -3.99. The molecule has 0 aliphatic carbocycles. The van der Waals surface area contributed by atoms with Gasteiger partial charge in [0.05, 0.1) is 35.1 Å². The quantitative estimate of drug-likeness (QED) is 0.362. The number of aromatic nitrogens is 2. The number of fused-ring (bicyclic) bond motifs is 1. The highest BCUT2D eigenvalue weighted by molar-refractivity contribution is 7.16. The van der Waals surface area contributed by atoms with Crippen molar-refractivity contribution >= 4 is 45.3 Å². The maximum atomic E-state index is 12.9. The van der Waals surface area contributed by atoms with Crippen LogP contribution >= 0.6 is 11.3 Å². The first kappa shape index (κ1) is 23.2. The Kier molecular flexibility index (Phi) is 6.73. The van der Waals surface area contributed by atoms with Gasteiger partial charge < -0.3 is 23.7 Å². The van der Waals surface area contributed by atoms with Crippen molar-refractivity contribution in [1.29, 1.82) is 0 Å². The molecule has 1 amide bonds. The number of carbonyl (C=O) groups is 3. The van der Waals surface area contributed by atoms with Crippen LogP contribution in [-0.2, 0) is 20.7 Å². The lowest BCUT2D eigenvalue weighted by molar-refractivity contribution is -0.119. The maximum Gasteiger partial charge on any atom is 0.341 e. The fourth-order valence-electron chi connectivity index (χ4n) is 3.25. The van der Waals surface area contributed by atoms with E-state index in [9.17, 15) is 14.4 Å². The van der Waals surface area contributed by atoms with Gasteiger partial charge in [0.2, 0.25) is 0 Å². The Balaban J connectivity index is 1.51. The highest BCUT2D eigenvalue weighted by Crippen LogP contribution is 2.30. The number of hydrogen-bond donors (Lipinski definition) is 1. The molecule has 0 aliphatic heterocycles. The largest absolute Gasteiger partial charge is 0.463 e. The number of nitrogens with zero attached hydrogens (tertiary/aromatic N) is 2. The highest BCUT2D eigenvalue weighted by Gasteiger charge is 2.23. The molecule has 1 N–H and O–H groups in total. The van der Waals surface area contributed by atoms with Crippen molar-refractivity contribution in [2.24, 2.45) is 0 Å². The van der Waals surface area contributed by atoms with Gasteiger partial charge in [0.25, 0.3) is 11.6 Å². The molecule has 0 spiro atoms. The second kappa shape index (κ2) is 9.87. The molecule has 0 unspecified atom stereocenters. The summed E-state index contributed by atoms with van der Waals surface area (Å²) in [6, 6.07) is 6.56. The van der Waals surface area contributed by atoms with E-state index in [1.54, 1.807) is 32.0 Å². The Morgan fingerprint density at radius 1 is 1.12 bits per heavy atom. The summed E-state index contributed by atoms with van der Waals surface area (Å²) in [6.07, 6.45) is 2.17. The smallest absolute Gasteiger partial charge is 0.341 e. The van der Waals surface area contributed by atoms with Gasteiger partial charge in [-0.1, -0.05) is 12.1 Å². The van der Waals surface area contributed by atoms with Crippen molar-refractivity contribution in [2.75, 3.05) is 18.5 Å². The standard InChI is InChI=1S/C23H21N3O7S/c1-4-13-9-15(23(29)30-5-2)21(34-13)25-18(27)11-32-22(28)14-10-16(17-7-6-8-31-17)24-20-19(14)12(3)26-33-20/h6-10H,4-5,11H2,1-3H3,(H,25,27). The average molecular weight is 484 g/mol. The Morgan fingerprint density at radius 3 is 2.62 bits per heavy atom. The van der Waals surface area contributed by atoms with Crippen LogP contribution in [0.2, 0.25) is 0 Å². The van der Waals surface area contributed by atoms with Crippen molar-refractivity contribution < 1.29 is 32.8 Å². The van der Waals surface area contributed by atoms with E-state index >= 15 is 0 Å². The molecule has 0 bridgehead atoms. The number of anilines is 1. The summed E-state index contributed by atoms with van der Waals surface area (Å²) in [6.45, 7) is 4.96. The summed E-state index contributed by atoms with van der Waals surface area (Å²) in [5.74, 6) is -1.45. The van der Waals surface area contributed by atoms with Crippen LogP contribution in [0.15, 0.2) is 39.5 Å². The fourth-order valence-corrected chi connectivity index (χ4v) is 4.25. The van der Waals surface area contributed by atoms with Gasteiger partial charge in [-0.15, -0.1) is 11.3 Å². The molecular weight excluding hydrogens is 462 g/mol. The zero-order chi connectivity index (χ0) is 24.2. The van der Waals surface area contributed by atoms with Crippen molar-refractivity contribution in [3.8, 4) is 11.5 Å². The minimum Gasteiger partial charge on any atom is -0.463 e.